The molecule has 0 bridgehead atoms. The van der Waals surface area contributed by atoms with Gasteiger partial charge in [0.1, 0.15) is 11.3 Å². The SMILES string of the molecule is CC(C)c1cc(C(=O)O)c(O)c(C(C)(C)C)c1. The Labute approximate surface area is 102 Å². The largest absolute Gasteiger partial charge is 0.507 e. The van der Waals surface area contributed by atoms with Gasteiger partial charge in [-0.15, -0.1) is 0 Å². The van der Waals surface area contributed by atoms with Crippen LogP contribution in [0.1, 0.15) is 62.0 Å². The molecule has 17 heavy (non-hydrogen) atoms. The Kier molecular flexibility index (Phi) is 3.51. The molecule has 3 heteroatoms. The average Bonchev–Trinajstić information content (AvgIpc) is 2.15. The molecule has 0 heterocycles. The van der Waals surface area contributed by atoms with Crippen LogP contribution in [0.5, 0.6) is 5.75 Å². The summed E-state index contributed by atoms with van der Waals surface area (Å²) in [6.07, 6.45) is 0. The molecule has 0 radical (unpaired) electrons. The van der Waals surface area contributed by atoms with E-state index in [1.807, 2.05) is 40.7 Å². The molecule has 2 N–H and O–H groups in total. The molecule has 1 aromatic rings. The molecule has 0 amide bonds. The molecular weight excluding hydrogens is 216 g/mol. The van der Waals surface area contributed by atoms with Crippen LogP contribution in [-0.2, 0) is 5.41 Å². The van der Waals surface area contributed by atoms with Gasteiger partial charge in [0.25, 0.3) is 0 Å². The Hall–Kier alpha value is -1.51. The summed E-state index contributed by atoms with van der Waals surface area (Å²) in [6.45, 7) is 9.88. The van der Waals surface area contributed by atoms with Crippen LogP contribution in [0.4, 0.5) is 0 Å². The van der Waals surface area contributed by atoms with Gasteiger partial charge in [0, 0.05) is 5.56 Å². The number of hydrogen-bond donors (Lipinski definition) is 2. The van der Waals surface area contributed by atoms with E-state index in [1.165, 1.54) is 0 Å². The van der Waals surface area contributed by atoms with Crippen molar-refractivity contribution < 1.29 is 15.0 Å². The Morgan fingerprint density at radius 2 is 1.76 bits per heavy atom. The second-order valence-electron chi connectivity index (χ2n) is 5.67. The monoisotopic (exact) mass is 236 g/mol. The van der Waals surface area contributed by atoms with Crippen LogP contribution in [0.25, 0.3) is 0 Å². The number of hydrogen-bond acceptors (Lipinski definition) is 2. The van der Waals surface area contributed by atoms with Crippen LogP contribution in [0.3, 0.4) is 0 Å². The maximum atomic E-state index is 11.1. The van der Waals surface area contributed by atoms with Crippen LogP contribution < -0.4 is 0 Å². The van der Waals surface area contributed by atoms with Crippen molar-refractivity contribution in [2.75, 3.05) is 0 Å². The van der Waals surface area contributed by atoms with Crippen LogP contribution in [0.2, 0.25) is 0 Å². The number of benzene rings is 1. The molecule has 0 atom stereocenters. The summed E-state index contributed by atoms with van der Waals surface area (Å²) in [5, 5.41) is 19.1. The molecule has 0 fully saturated rings. The van der Waals surface area contributed by atoms with Gasteiger partial charge in [0.2, 0.25) is 0 Å². The normalized spacial score (nSPS) is 11.9. The third-order valence-electron chi connectivity index (χ3n) is 2.84. The van der Waals surface area contributed by atoms with Crippen molar-refractivity contribution in [2.24, 2.45) is 0 Å². The first-order chi connectivity index (χ1) is 7.64. The van der Waals surface area contributed by atoms with Crippen molar-refractivity contribution in [3.63, 3.8) is 0 Å². The topological polar surface area (TPSA) is 57.5 Å². The molecule has 3 nitrogen and oxygen atoms in total. The minimum atomic E-state index is -1.09. The van der Waals surface area contributed by atoms with Crippen LogP contribution >= 0.6 is 0 Å². The second kappa shape index (κ2) is 4.40. The highest BCUT2D eigenvalue weighted by Crippen LogP contribution is 2.36. The molecule has 0 aromatic heterocycles. The fraction of sp³-hybridized carbons (Fsp3) is 0.500. The van der Waals surface area contributed by atoms with Crippen molar-refractivity contribution in [2.45, 2.75) is 46.0 Å². The second-order valence-corrected chi connectivity index (χ2v) is 5.67. The quantitative estimate of drug-likeness (QED) is 0.826. The third kappa shape index (κ3) is 2.78. The molecule has 0 saturated carbocycles. The van der Waals surface area contributed by atoms with E-state index in [4.69, 9.17) is 5.11 Å². The van der Waals surface area contributed by atoms with E-state index in [9.17, 15) is 9.90 Å². The molecule has 0 aliphatic rings. The highest BCUT2D eigenvalue weighted by atomic mass is 16.4. The minimum Gasteiger partial charge on any atom is -0.507 e. The number of aromatic carboxylic acids is 1. The molecule has 0 unspecified atom stereocenters. The highest BCUT2D eigenvalue weighted by Gasteiger charge is 2.24. The van der Waals surface area contributed by atoms with E-state index < -0.39 is 5.97 Å². The zero-order valence-corrected chi connectivity index (χ0v) is 11.0. The van der Waals surface area contributed by atoms with Crippen molar-refractivity contribution in [3.8, 4) is 5.75 Å². The molecule has 0 aliphatic carbocycles. The van der Waals surface area contributed by atoms with Crippen LogP contribution in [-0.4, -0.2) is 16.2 Å². The fourth-order valence-electron chi connectivity index (χ4n) is 1.72. The molecular formula is C14H20O3. The Balaban J connectivity index is 3.55. The Morgan fingerprint density at radius 1 is 1.24 bits per heavy atom. The number of carboxylic acids is 1. The van der Waals surface area contributed by atoms with Crippen molar-refractivity contribution in [3.05, 3.63) is 28.8 Å². The van der Waals surface area contributed by atoms with E-state index in [0.717, 1.165) is 5.56 Å². The summed E-state index contributed by atoms with van der Waals surface area (Å²) in [5.41, 5.74) is 1.33. The van der Waals surface area contributed by atoms with Gasteiger partial charge >= 0.3 is 5.97 Å². The molecule has 1 rings (SSSR count). The van der Waals surface area contributed by atoms with E-state index in [-0.39, 0.29) is 22.6 Å². The standard InChI is InChI=1S/C14H20O3/c1-8(2)9-6-10(13(16)17)12(15)11(7-9)14(3,4)5/h6-8,15H,1-5H3,(H,16,17). The smallest absolute Gasteiger partial charge is 0.339 e. The predicted octanol–water partition coefficient (Wildman–Crippen LogP) is 3.51. The summed E-state index contributed by atoms with van der Waals surface area (Å²) in [7, 11) is 0. The summed E-state index contributed by atoms with van der Waals surface area (Å²) in [5.74, 6) is -0.972. The first-order valence-electron chi connectivity index (χ1n) is 5.75. The zero-order chi connectivity index (χ0) is 13.4. The fourth-order valence-corrected chi connectivity index (χ4v) is 1.72. The van der Waals surface area contributed by atoms with Gasteiger partial charge in [-0.2, -0.15) is 0 Å². The molecule has 0 aliphatic heterocycles. The molecule has 1 aromatic carbocycles. The first kappa shape index (κ1) is 13.6. The van der Waals surface area contributed by atoms with Crippen LogP contribution in [0, 0.1) is 0 Å². The van der Waals surface area contributed by atoms with E-state index >= 15 is 0 Å². The third-order valence-corrected chi connectivity index (χ3v) is 2.84. The number of carboxylic acid groups (broad SMARTS) is 1. The van der Waals surface area contributed by atoms with Gasteiger partial charge in [0.15, 0.2) is 0 Å². The number of phenols is 1. The maximum absolute atomic E-state index is 11.1. The number of aromatic hydroxyl groups is 1. The molecule has 0 spiro atoms. The van der Waals surface area contributed by atoms with Gasteiger partial charge in [-0.05, 0) is 23.0 Å². The number of carbonyl (C=O) groups is 1. The van der Waals surface area contributed by atoms with Gasteiger partial charge in [-0.3, -0.25) is 0 Å². The van der Waals surface area contributed by atoms with Gasteiger partial charge < -0.3 is 10.2 Å². The molecule has 0 saturated heterocycles. The zero-order valence-electron chi connectivity index (χ0n) is 11.0. The lowest BCUT2D eigenvalue weighted by molar-refractivity contribution is 0.0693. The summed E-state index contributed by atoms with van der Waals surface area (Å²) in [4.78, 5) is 11.1. The lowest BCUT2D eigenvalue weighted by Crippen LogP contribution is -2.14. The summed E-state index contributed by atoms with van der Waals surface area (Å²) >= 11 is 0. The number of rotatable bonds is 2. The first-order valence-corrected chi connectivity index (χ1v) is 5.75. The van der Waals surface area contributed by atoms with E-state index in [2.05, 4.69) is 0 Å². The van der Waals surface area contributed by atoms with Crippen LogP contribution in [0.15, 0.2) is 12.1 Å². The van der Waals surface area contributed by atoms with E-state index in [1.54, 1.807) is 6.07 Å². The summed E-state index contributed by atoms with van der Waals surface area (Å²) in [6, 6.07) is 3.45. The average molecular weight is 236 g/mol. The van der Waals surface area contributed by atoms with E-state index in [0.29, 0.717) is 5.56 Å². The summed E-state index contributed by atoms with van der Waals surface area (Å²) < 4.78 is 0. The van der Waals surface area contributed by atoms with Gasteiger partial charge in [-0.1, -0.05) is 40.7 Å². The lowest BCUT2D eigenvalue weighted by Gasteiger charge is -2.23. The highest BCUT2D eigenvalue weighted by molar-refractivity contribution is 5.91. The lowest BCUT2D eigenvalue weighted by atomic mass is 9.82. The van der Waals surface area contributed by atoms with Crippen molar-refractivity contribution >= 4 is 5.97 Å². The van der Waals surface area contributed by atoms with Gasteiger partial charge in [0.05, 0.1) is 0 Å². The minimum absolute atomic E-state index is 0.0128. The maximum Gasteiger partial charge on any atom is 0.339 e. The predicted molar refractivity (Wildman–Crippen MR) is 67.9 cm³/mol. The van der Waals surface area contributed by atoms with Gasteiger partial charge in [-0.25, -0.2) is 4.79 Å². The van der Waals surface area contributed by atoms with Crippen molar-refractivity contribution in [1.82, 2.24) is 0 Å². The Bertz CT molecular complexity index is 440. The Morgan fingerprint density at radius 3 is 2.12 bits per heavy atom. The van der Waals surface area contributed by atoms with Crippen molar-refractivity contribution in [1.29, 1.82) is 0 Å². The molecule has 94 valence electrons.